The normalized spacial score (nSPS) is 11.1. The predicted octanol–water partition coefficient (Wildman–Crippen LogP) is 5.43. The van der Waals surface area contributed by atoms with Gasteiger partial charge in [0, 0.05) is 5.56 Å². The van der Waals surface area contributed by atoms with Gasteiger partial charge in [0.25, 0.3) is 0 Å². The van der Waals surface area contributed by atoms with E-state index in [1.165, 1.54) is 94.6 Å². The van der Waals surface area contributed by atoms with E-state index in [0.717, 1.165) is 18.4 Å². The van der Waals surface area contributed by atoms with Crippen molar-refractivity contribution in [2.75, 3.05) is 6.61 Å². The van der Waals surface area contributed by atoms with Gasteiger partial charge in [-0.25, -0.2) is 4.79 Å². The SMILES string of the molecule is CCCCCCCCCCCCCCCCCCOC(=O)C[n+]1oc(C)cc1N=Cc1ccccc1.[Br-]. The van der Waals surface area contributed by atoms with Gasteiger partial charge in [-0.05, 0) is 18.3 Å². The van der Waals surface area contributed by atoms with Gasteiger partial charge in [-0.1, -0.05) is 138 Å². The van der Waals surface area contributed by atoms with Crippen molar-refractivity contribution in [2.24, 2.45) is 4.99 Å². The van der Waals surface area contributed by atoms with Crippen LogP contribution in [0.1, 0.15) is 121 Å². The molecule has 0 bridgehead atoms. The highest BCUT2D eigenvalue weighted by Gasteiger charge is 2.19. The number of hydrogen-bond donors (Lipinski definition) is 0. The third-order valence-corrected chi connectivity index (χ3v) is 6.52. The van der Waals surface area contributed by atoms with Gasteiger partial charge in [-0.15, -0.1) is 0 Å². The molecule has 0 radical (unpaired) electrons. The highest BCUT2D eigenvalue weighted by Crippen LogP contribution is 2.14. The molecule has 1 aromatic heterocycles. The van der Waals surface area contributed by atoms with Crippen LogP contribution in [0.15, 0.2) is 45.9 Å². The zero-order valence-electron chi connectivity index (χ0n) is 23.3. The number of carbonyl (C=O) groups excluding carboxylic acids is 1. The number of benzene rings is 1. The molecule has 208 valence electrons. The van der Waals surface area contributed by atoms with Crippen LogP contribution < -0.4 is 21.7 Å². The summed E-state index contributed by atoms with van der Waals surface area (Å²) in [6.07, 6.45) is 23.1. The Morgan fingerprint density at radius 3 is 1.89 bits per heavy atom. The van der Waals surface area contributed by atoms with Crippen molar-refractivity contribution in [3.8, 4) is 0 Å². The Balaban J connectivity index is 0.00000684. The van der Waals surface area contributed by atoms with Crippen LogP contribution in [-0.4, -0.2) is 18.8 Å². The Bertz CT molecular complexity index is 851. The van der Waals surface area contributed by atoms with Crippen molar-refractivity contribution in [1.29, 1.82) is 0 Å². The first-order valence-corrected chi connectivity index (χ1v) is 14.4. The van der Waals surface area contributed by atoms with Gasteiger partial charge in [0.15, 0.2) is 5.76 Å². The fourth-order valence-corrected chi connectivity index (χ4v) is 4.39. The maximum atomic E-state index is 12.3. The van der Waals surface area contributed by atoms with Crippen LogP contribution in [0.4, 0.5) is 5.82 Å². The number of unbranched alkanes of at least 4 members (excludes halogenated alkanes) is 15. The summed E-state index contributed by atoms with van der Waals surface area (Å²) in [4.78, 5) is 16.7. The smallest absolute Gasteiger partial charge is 0.361 e. The number of halogens is 1. The molecule has 1 aromatic carbocycles. The number of esters is 1. The number of carbonyl (C=O) groups is 1. The van der Waals surface area contributed by atoms with Gasteiger partial charge >= 0.3 is 11.8 Å². The van der Waals surface area contributed by atoms with Gasteiger partial charge in [0.2, 0.25) is 6.54 Å². The number of hydrogen-bond acceptors (Lipinski definition) is 4. The molecule has 5 nitrogen and oxygen atoms in total. The second-order valence-electron chi connectivity index (χ2n) is 9.93. The quantitative estimate of drug-likeness (QED) is 0.0860. The van der Waals surface area contributed by atoms with Crippen LogP contribution in [0, 0.1) is 6.92 Å². The van der Waals surface area contributed by atoms with Crippen LogP contribution in [-0.2, 0) is 16.1 Å². The molecule has 0 atom stereocenters. The van der Waals surface area contributed by atoms with Crippen molar-refractivity contribution in [1.82, 2.24) is 0 Å². The zero-order valence-corrected chi connectivity index (χ0v) is 24.9. The first kappa shape index (κ1) is 33.1. The van der Waals surface area contributed by atoms with E-state index >= 15 is 0 Å². The molecule has 0 saturated carbocycles. The Hall–Kier alpha value is -1.95. The van der Waals surface area contributed by atoms with Gasteiger partial charge in [-0.3, -0.25) is 0 Å². The largest absolute Gasteiger partial charge is 1.00 e. The molecule has 0 fully saturated rings. The number of aliphatic imine (C=N–C) groups is 1. The van der Waals surface area contributed by atoms with E-state index in [0.29, 0.717) is 18.2 Å². The lowest BCUT2D eigenvalue weighted by Gasteiger charge is -2.04. The fourth-order valence-electron chi connectivity index (χ4n) is 4.39. The lowest BCUT2D eigenvalue weighted by Crippen LogP contribution is -3.00. The van der Waals surface area contributed by atoms with Crippen molar-refractivity contribution in [2.45, 2.75) is 123 Å². The lowest BCUT2D eigenvalue weighted by atomic mass is 10.0. The molecule has 0 unspecified atom stereocenters. The summed E-state index contributed by atoms with van der Waals surface area (Å²) in [6, 6.07) is 11.7. The number of ether oxygens (including phenoxy) is 1. The van der Waals surface area contributed by atoms with E-state index in [1.807, 2.05) is 43.3 Å². The molecule has 0 aliphatic rings. The maximum Gasteiger partial charge on any atom is 0.361 e. The highest BCUT2D eigenvalue weighted by molar-refractivity contribution is 5.81. The van der Waals surface area contributed by atoms with E-state index in [-0.39, 0.29) is 29.5 Å². The van der Waals surface area contributed by atoms with E-state index < -0.39 is 0 Å². The van der Waals surface area contributed by atoms with Crippen LogP contribution in [0.25, 0.3) is 0 Å². The van der Waals surface area contributed by atoms with Crippen molar-refractivity contribution in [3.63, 3.8) is 0 Å². The first-order valence-electron chi connectivity index (χ1n) is 14.4. The first-order chi connectivity index (χ1) is 17.7. The molecule has 0 amide bonds. The Morgan fingerprint density at radius 2 is 1.35 bits per heavy atom. The molecule has 0 saturated heterocycles. The molecule has 2 aromatic rings. The molecule has 6 heteroatoms. The summed E-state index contributed by atoms with van der Waals surface area (Å²) in [5, 5.41) is 0. The summed E-state index contributed by atoms with van der Waals surface area (Å²) < 4.78 is 12.5. The van der Waals surface area contributed by atoms with Gasteiger partial charge in [0.05, 0.1) is 12.7 Å². The van der Waals surface area contributed by atoms with Crippen LogP contribution in [0.5, 0.6) is 0 Å². The number of aromatic nitrogens is 1. The Kier molecular flexibility index (Phi) is 19.7. The van der Waals surface area contributed by atoms with Crippen LogP contribution >= 0.6 is 0 Å². The predicted molar refractivity (Wildman–Crippen MR) is 148 cm³/mol. The second-order valence-corrected chi connectivity index (χ2v) is 9.93. The van der Waals surface area contributed by atoms with Gasteiger partial charge in [-0.2, -0.15) is 0 Å². The van der Waals surface area contributed by atoms with E-state index in [9.17, 15) is 4.79 Å². The molecule has 0 spiro atoms. The van der Waals surface area contributed by atoms with Gasteiger partial charge < -0.3 is 26.2 Å². The standard InChI is InChI=1S/C31H49N2O3.BrH/c1-3-4-5-6-7-8-9-10-11-12-13-14-15-16-17-21-24-35-31(34)27-33-30(25-28(2)36-33)32-26-29-22-19-18-20-23-29;/h18-20,22-23,25-26H,3-17,21,24,27H2,1-2H3;1H/q+1;/p-1. The average molecular weight is 578 g/mol. The van der Waals surface area contributed by atoms with Crippen LogP contribution in [0.2, 0.25) is 0 Å². The Morgan fingerprint density at radius 1 is 0.838 bits per heavy atom. The summed E-state index contributed by atoms with van der Waals surface area (Å²) in [5.41, 5.74) is 0.994. The third kappa shape index (κ3) is 16.5. The molecule has 0 N–H and O–H groups in total. The van der Waals surface area contributed by atoms with Gasteiger partial charge in [0.1, 0.15) is 6.21 Å². The second kappa shape index (κ2) is 22.1. The van der Waals surface area contributed by atoms with E-state index in [4.69, 9.17) is 9.26 Å². The van der Waals surface area contributed by atoms with Crippen molar-refractivity contribution in [3.05, 3.63) is 47.7 Å². The Labute approximate surface area is 235 Å². The maximum absolute atomic E-state index is 12.3. The third-order valence-electron chi connectivity index (χ3n) is 6.52. The molecule has 0 aliphatic heterocycles. The number of rotatable bonds is 21. The molecular weight excluding hydrogens is 528 g/mol. The molecule has 0 aliphatic carbocycles. The molecular formula is C31H49BrN2O3. The molecule has 2 rings (SSSR count). The van der Waals surface area contributed by atoms with Crippen LogP contribution in [0.3, 0.4) is 0 Å². The highest BCUT2D eigenvalue weighted by atomic mass is 79.9. The summed E-state index contributed by atoms with van der Waals surface area (Å²) in [5.74, 6) is 1.03. The number of nitrogens with zero attached hydrogens (tertiary/aromatic N) is 2. The minimum Gasteiger partial charge on any atom is -1.00 e. The van der Waals surface area contributed by atoms with Crippen molar-refractivity contribution < 1.29 is 35.8 Å². The molecule has 1 heterocycles. The van der Waals surface area contributed by atoms with E-state index in [1.54, 1.807) is 6.21 Å². The fraction of sp³-hybridized carbons (Fsp3) is 0.645. The summed E-state index contributed by atoms with van der Waals surface area (Å²) in [6.45, 7) is 4.63. The lowest BCUT2D eigenvalue weighted by molar-refractivity contribution is -0.845. The summed E-state index contributed by atoms with van der Waals surface area (Å²) in [7, 11) is 0. The number of aryl methyl sites for hydroxylation is 1. The summed E-state index contributed by atoms with van der Waals surface area (Å²) >= 11 is 0. The van der Waals surface area contributed by atoms with Crippen molar-refractivity contribution >= 4 is 18.0 Å². The monoisotopic (exact) mass is 576 g/mol. The molecule has 37 heavy (non-hydrogen) atoms. The minimum absolute atomic E-state index is 0. The minimum atomic E-state index is -0.286. The average Bonchev–Trinajstić information content (AvgIpc) is 3.23. The zero-order chi connectivity index (χ0) is 25.7. The topological polar surface area (TPSA) is 55.7 Å². The van der Waals surface area contributed by atoms with E-state index in [2.05, 4.69) is 11.9 Å².